The maximum atomic E-state index is 14.5. The van der Waals surface area contributed by atoms with Crippen molar-refractivity contribution in [3.05, 3.63) is 11.6 Å². The predicted molar refractivity (Wildman–Crippen MR) is 140 cm³/mol. The summed E-state index contributed by atoms with van der Waals surface area (Å²) in [5.74, 6) is -0.486. The number of carbonyl (C=O) groups excluding carboxylic acids is 3. The van der Waals surface area contributed by atoms with Crippen LogP contribution in [0.4, 0.5) is 0 Å². The Labute approximate surface area is 226 Å². The summed E-state index contributed by atoms with van der Waals surface area (Å²) in [6.07, 6.45) is 7.16. The normalized spacial score (nSPS) is 51.6. The third-order valence-electron chi connectivity index (χ3n) is 13.3. The molecule has 6 heteroatoms. The van der Waals surface area contributed by atoms with Crippen LogP contribution in [0.2, 0.25) is 0 Å². The number of esters is 1. The van der Waals surface area contributed by atoms with Gasteiger partial charge < -0.3 is 9.47 Å². The van der Waals surface area contributed by atoms with Gasteiger partial charge in [-0.15, -0.1) is 0 Å². The number of rotatable bonds is 1. The lowest BCUT2D eigenvalue weighted by molar-refractivity contribution is -0.192. The molecule has 1 heterocycles. The molecule has 6 nitrogen and oxygen atoms in total. The van der Waals surface area contributed by atoms with Gasteiger partial charge in [-0.2, -0.15) is 5.26 Å². The number of epoxide rings is 1. The third-order valence-corrected chi connectivity index (χ3v) is 13.3. The van der Waals surface area contributed by atoms with Gasteiger partial charge in [0.25, 0.3) is 0 Å². The van der Waals surface area contributed by atoms with E-state index >= 15 is 0 Å². The monoisotopic (exact) mass is 521 g/mol. The van der Waals surface area contributed by atoms with Crippen molar-refractivity contribution in [2.75, 3.05) is 7.11 Å². The molecule has 38 heavy (non-hydrogen) atoms. The molecule has 6 rings (SSSR count). The van der Waals surface area contributed by atoms with Gasteiger partial charge in [0.05, 0.1) is 12.5 Å². The highest BCUT2D eigenvalue weighted by atomic mass is 16.6. The number of fused-ring (bicyclic) bond motifs is 9. The first-order valence-electron chi connectivity index (χ1n) is 14.5. The second kappa shape index (κ2) is 7.19. The summed E-state index contributed by atoms with van der Waals surface area (Å²) >= 11 is 0. The smallest absolute Gasteiger partial charge is 0.312 e. The van der Waals surface area contributed by atoms with Crippen LogP contribution in [0.25, 0.3) is 0 Å². The Kier molecular flexibility index (Phi) is 4.97. The van der Waals surface area contributed by atoms with E-state index in [1.165, 1.54) is 7.11 Å². The number of methoxy groups -OCH3 is 1. The second-order valence-electron chi connectivity index (χ2n) is 15.6. The van der Waals surface area contributed by atoms with Crippen molar-refractivity contribution in [3.8, 4) is 6.07 Å². The largest absolute Gasteiger partial charge is 0.469 e. The molecule has 6 aliphatic rings. The molecule has 0 N–H and O–H groups in total. The van der Waals surface area contributed by atoms with E-state index < -0.39 is 27.9 Å². The second-order valence-corrected chi connectivity index (χ2v) is 15.6. The Bertz CT molecular complexity index is 1240. The third kappa shape index (κ3) is 2.66. The number of carbonyl (C=O) groups is 3. The first-order chi connectivity index (χ1) is 17.5. The Balaban J connectivity index is 1.52. The van der Waals surface area contributed by atoms with E-state index in [0.29, 0.717) is 0 Å². The van der Waals surface area contributed by atoms with Gasteiger partial charge in [0, 0.05) is 16.7 Å². The average molecular weight is 522 g/mol. The molecule has 1 aliphatic heterocycles. The fraction of sp³-hybridized carbons (Fsp3) is 0.812. The lowest BCUT2D eigenvalue weighted by atomic mass is 9.33. The minimum absolute atomic E-state index is 0.00452. The van der Waals surface area contributed by atoms with Crippen LogP contribution < -0.4 is 0 Å². The van der Waals surface area contributed by atoms with Gasteiger partial charge in [-0.05, 0) is 79.1 Å². The van der Waals surface area contributed by atoms with E-state index in [0.717, 1.165) is 50.5 Å². The summed E-state index contributed by atoms with van der Waals surface area (Å²) < 4.78 is 11.5. The molecular formula is C32H43NO5. The summed E-state index contributed by atoms with van der Waals surface area (Å²) in [5.41, 5.74) is -2.83. The zero-order chi connectivity index (χ0) is 27.9. The van der Waals surface area contributed by atoms with Gasteiger partial charge in [-0.25, -0.2) is 0 Å². The van der Waals surface area contributed by atoms with Crippen LogP contribution in [0.3, 0.4) is 0 Å². The maximum absolute atomic E-state index is 14.5. The van der Waals surface area contributed by atoms with Gasteiger partial charge in [0.15, 0.2) is 11.6 Å². The van der Waals surface area contributed by atoms with Gasteiger partial charge in [0.2, 0.25) is 5.60 Å². The molecule has 9 atom stereocenters. The van der Waals surface area contributed by atoms with Crippen molar-refractivity contribution in [1.82, 2.24) is 0 Å². The topological polar surface area (TPSA) is 96.8 Å². The molecule has 206 valence electrons. The van der Waals surface area contributed by atoms with Crippen molar-refractivity contribution in [1.29, 1.82) is 5.26 Å². The van der Waals surface area contributed by atoms with E-state index in [1.54, 1.807) is 0 Å². The number of nitrogens with zero attached hydrogens (tertiary/aromatic N) is 1. The van der Waals surface area contributed by atoms with Crippen molar-refractivity contribution >= 4 is 17.5 Å². The Morgan fingerprint density at radius 2 is 1.68 bits per heavy atom. The lowest BCUT2D eigenvalue weighted by Crippen LogP contribution is -2.68. The first-order valence-corrected chi connectivity index (χ1v) is 14.5. The SMILES string of the molecule is COC(=O)[C@]12CCC(C)(C)CC1C1C(=O)C=C3[C@@]4(C)C5OC5(C#N)C(=O)C(C)(C)[C@@H]4CC[C@@]3(C)[C@]1(C)CC2. The minimum Gasteiger partial charge on any atom is -0.469 e. The van der Waals surface area contributed by atoms with Crippen molar-refractivity contribution in [3.63, 3.8) is 0 Å². The Hall–Kier alpha value is -2.00. The zero-order valence-electron chi connectivity index (χ0n) is 24.3. The maximum Gasteiger partial charge on any atom is 0.312 e. The molecule has 0 radical (unpaired) electrons. The summed E-state index contributed by atoms with van der Waals surface area (Å²) in [7, 11) is 1.48. The standard InChI is InChI=1S/C32H43NO5/c1-26(2)11-13-31(25(36)37-8)14-12-29(6)22(18(31)16-26)19(34)15-21-28(29,5)10-9-20-27(3,4)23(35)32(17-33)24(38-32)30(20,21)7/h15,18,20,22,24H,9-14,16H2,1-8H3/t18?,20-,22?,24?,28+,29+,30-,31-,32?/m0/s1. The number of ether oxygens (including phenoxy) is 2. The molecule has 5 aliphatic carbocycles. The Morgan fingerprint density at radius 3 is 2.32 bits per heavy atom. The summed E-state index contributed by atoms with van der Waals surface area (Å²) in [4.78, 5) is 41.4. The molecule has 0 aromatic heterocycles. The lowest BCUT2D eigenvalue weighted by Gasteiger charge is -2.69. The van der Waals surface area contributed by atoms with Gasteiger partial charge in [-0.1, -0.05) is 54.0 Å². The van der Waals surface area contributed by atoms with Crippen LogP contribution >= 0.6 is 0 Å². The highest BCUT2D eigenvalue weighted by Gasteiger charge is 2.82. The fourth-order valence-electron chi connectivity index (χ4n) is 11.0. The highest BCUT2D eigenvalue weighted by Crippen LogP contribution is 2.77. The van der Waals surface area contributed by atoms with Crippen molar-refractivity contribution in [2.24, 2.45) is 50.2 Å². The van der Waals surface area contributed by atoms with Crippen molar-refractivity contribution in [2.45, 2.75) is 105 Å². The van der Waals surface area contributed by atoms with E-state index in [-0.39, 0.29) is 51.5 Å². The summed E-state index contributed by atoms with van der Waals surface area (Å²) in [6, 6.07) is 2.24. The van der Waals surface area contributed by atoms with Crippen LogP contribution in [0.15, 0.2) is 11.6 Å². The Morgan fingerprint density at radius 1 is 1.03 bits per heavy atom. The molecule has 4 saturated carbocycles. The number of nitriles is 1. The van der Waals surface area contributed by atoms with Gasteiger partial charge in [-0.3, -0.25) is 14.4 Å². The van der Waals surface area contributed by atoms with Crippen LogP contribution in [-0.4, -0.2) is 36.4 Å². The molecule has 0 aromatic carbocycles. The predicted octanol–water partition coefficient (Wildman–Crippen LogP) is 5.59. The summed E-state index contributed by atoms with van der Waals surface area (Å²) in [6.45, 7) is 15.2. The molecule has 5 fully saturated rings. The number of hydrogen-bond acceptors (Lipinski definition) is 6. The zero-order valence-corrected chi connectivity index (χ0v) is 24.3. The highest BCUT2D eigenvalue weighted by molar-refractivity contribution is 6.01. The molecule has 1 saturated heterocycles. The number of Topliss-reactive ketones (excluding diaryl/α,β-unsaturated/α-hetero) is 1. The number of hydrogen-bond donors (Lipinski definition) is 0. The van der Waals surface area contributed by atoms with E-state index in [4.69, 9.17) is 9.47 Å². The van der Waals surface area contributed by atoms with Gasteiger partial charge >= 0.3 is 5.97 Å². The molecule has 0 spiro atoms. The van der Waals surface area contributed by atoms with Crippen LogP contribution in [-0.2, 0) is 23.9 Å². The first kappa shape index (κ1) is 26.2. The number of allylic oxidation sites excluding steroid dienone is 1. The minimum atomic E-state index is -1.41. The molecule has 0 aromatic rings. The van der Waals surface area contributed by atoms with E-state index in [2.05, 4.69) is 40.7 Å². The molecular weight excluding hydrogens is 478 g/mol. The fourth-order valence-corrected chi connectivity index (χ4v) is 11.0. The van der Waals surface area contributed by atoms with Gasteiger partial charge in [0.1, 0.15) is 12.2 Å². The quantitative estimate of drug-likeness (QED) is 0.330. The van der Waals surface area contributed by atoms with Crippen LogP contribution in [0, 0.1) is 61.6 Å². The van der Waals surface area contributed by atoms with E-state index in [1.807, 2.05) is 19.9 Å². The molecule has 0 amide bonds. The van der Waals surface area contributed by atoms with Crippen molar-refractivity contribution < 1.29 is 23.9 Å². The summed E-state index contributed by atoms with van der Waals surface area (Å²) in [5, 5.41) is 10.1. The van der Waals surface area contributed by atoms with E-state index in [9.17, 15) is 19.6 Å². The molecule has 4 unspecified atom stereocenters. The van der Waals surface area contributed by atoms with Crippen LogP contribution in [0.1, 0.15) is 93.4 Å². The van der Waals surface area contributed by atoms with Crippen LogP contribution in [0.5, 0.6) is 0 Å². The average Bonchev–Trinajstić information content (AvgIpc) is 3.61. The molecule has 0 bridgehead atoms. The number of ketones is 2.